The monoisotopic (exact) mass is 200 g/mol. The molecule has 14 heavy (non-hydrogen) atoms. The number of rotatable bonds is 3. The fourth-order valence-corrected chi connectivity index (χ4v) is 1.85. The van der Waals surface area contributed by atoms with E-state index in [9.17, 15) is 9.59 Å². The summed E-state index contributed by atoms with van der Waals surface area (Å²) in [6, 6.07) is 0. The summed E-state index contributed by atoms with van der Waals surface area (Å²) in [5.41, 5.74) is 0. The van der Waals surface area contributed by atoms with Crippen LogP contribution in [0.15, 0.2) is 0 Å². The lowest BCUT2D eigenvalue weighted by atomic mass is 9.86. The number of methoxy groups -OCH3 is 1. The number of carbonyl (C=O) groups excluding carboxylic acids is 2. The van der Waals surface area contributed by atoms with Crippen LogP contribution in [0, 0.1) is 5.92 Å². The van der Waals surface area contributed by atoms with Crippen LogP contribution in [0.4, 0.5) is 0 Å². The summed E-state index contributed by atoms with van der Waals surface area (Å²) in [6.07, 6.45) is 2.77. The summed E-state index contributed by atoms with van der Waals surface area (Å²) in [7, 11) is 1.58. The van der Waals surface area contributed by atoms with Gasteiger partial charge in [0.25, 0.3) is 0 Å². The number of ether oxygens (including phenoxy) is 2. The van der Waals surface area contributed by atoms with Crippen LogP contribution in [0.25, 0.3) is 0 Å². The summed E-state index contributed by atoms with van der Waals surface area (Å²) < 4.78 is 10.3. The molecule has 4 heteroatoms. The number of aldehydes is 1. The standard InChI is InChI=1S/C10H16O4/c1-7(12)14-9-4-3-8(6-11)5-10(9)13-2/h6,8-10H,3-5H2,1-2H3. The minimum atomic E-state index is -0.290. The quantitative estimate of drug-likeness (QED) is 0.502. The first-order valence-corrected chi connectivity index (χ1v) is 4.82. The maximum atomic E-state index is 10.8. The topological polar surface area (TPSA) is 52.6 Å². The van der Waals surface area contributed by atoms with Crippen molar-refractivity contribution in [2.24, 2.45) is 5.92 Å². The molecule has 0 bridgehead atoms. The zero-order chi connectivity index (χ0) is 10.6. The summed E-state index contributed by atoms with van der Waals surface area (Å²) in [5, 5.41) is 0. The molecule has 0 aromatic carbocycles. The number of hydrogen-bond acceptors (Lipinski definition) is 4. The van der Waals surface area contributed by atoms with Gasteiger partial charge in [-0.05, 0) is 19.3 Å². The Morgan fingerprint density at radius 3 is 2.57 bits per heavy atom. The summed E-state index contributed by atoms with van der Waals surface area (Å²) in [4.78, 5) is 21.4. The average Bonchev–Trinajstić information content (AvgIpc) is 2.17. The van der Waals surface area contributed by atoms with E-state index in [-0.39, 0.29) is 24.1 Å². The highest BCUT2D eigenvalue weighted by Crippen LogP contribution is 2.27. The summed E-state index contributed by atoms with van der Waals surface area (Å²) in [5.74, 6) is -0.242. The van der Waals surface area contributed by atoms with Gasteiger partial charge in [-0.15, -0.1) is 0 Å². The third-order valence-corrected chi connectivity index (χ3v) is 2.58. The first-order chi connectivity index (χ1) is 6.67. The molecule has 0 saturated heterocycles. The molecule has 0 heterocycles. The van der Waals surface area contributed by atoms with E-state index in [2.05, 4.69) is 0 Å². The van der Waals surface area contributed by atoms with Crippen LogP contribution in [0.2, 0.25) is 0 Å². The van der Waals surface area contributed by atoms with Gasteiger partial charge in [-0.25, -0.2) is 0 Å². The highest BCUT2D eigenvalue weighted by atomic mass is 16.6. The van der Waals surface area contributed by atoms with Gasteiger partial charge in [0.05, 0.1) is 6.10 Å². The normalized spacial score (nSPS) is 32.3. The summed E-state index contributed by atoms with van der Waals surface area (Å²) in [6.45, 7) is 1.39. The molecule has 4 nitrogen and oxygen atoms in total. The van der Waals surface area contributed by atoms with Crippen molar-refractivity contribution in [2.75, 3.05) is 7.11 Å². The van der Waals surface area contributed by atoms with Gasteiger partial charge in [0.2, 0.25) is 0 Å². The van der Waals surface area contributed by atoms with E-state index in [0.717, 1.165) is 12.7 Å². The molecule has 1 aliphatic carbocycles. The van der Waals surface area contributed by atoms with Crippen LogP contribution >= 0.6 is 0 Å². The van der Waals surface area contributed by atoms with Gasteiger partial charge >= 0.3 is 5.97 Å². The lowest BCUT2D eigenvalue weighted by molar-refractivity contribution is -0.158. The molecular formula is C10H16O4. The molecule has 1 rings (SSSR count). The van der Waals surface area contributed by atoms with E-state index >= 15 is 0 Å². The molecule has 0 spiro atoms. The Labute approximate surface area is 83.6 Å². The number of esters is 1. The Kier molecular flexibility index (Phi) is 4.07. The molecule has 0 N–H and O–H groups in total. The minimum absolute atomic E-state index is 0.0479. The van der Waals surface area contributed by atoms with E-state index in [4.69, 9.17) is 9.47 Å². The van der Waals surface area contributed by atoms with Crippen molar-refractivity contribution in [1.29, 1.82) is 0 Å². The van der Waals surface area contributed by atoms with Crippen molar-refractivity contribution in [3.63, 3.8) is 0 Å². The van der Waals surface area contributed by atoms with Crippen molar-refractivity contribution in [3.8, 4) is 0 Å². The van der Waals surface area contributed by atoms with Gasteiger partial charge in [-0.2, -0.15) is 0 Å². The lowest BCUT2D eigenvalue weighted by Gasteiger charge is -2.32. The second-order valence-electron chi connectivity index (χ2n) is 3.63. The van der Waals surface area contributed by atoms with Crippen molar-refractivity contribution in [1.82, 2.24) is 0 Å². The summed E-state index contributed by atoms with van der Waals surface area (Å²) >= 11 is 0. The van der Waals surface area contributed by atoms with Gasteiger partial charge < -0.3 is 14.3 Å². The second kappa shape index (κ2) is 5.10. The zero-order valence-corrected chi connectivity index (χ0v) is 8.56. The van der Waals surface area contributed by atoms with Gasteiger partial charge in [-0.3, -0.25) is 4.79 Å². The highest BCUT2D eigenvalue weighted by molar-refractivity contribution is 5.66. The average molecular weight is 200 g/mol. The first kappa shape index (κ1) is 11.2. The van der Waals surface area contributed by atoms with Crippen LogP contribution < -0.4 is 0 Å². The Morgan fingerprint density at radius 2 is 2.07 bits per heavy atom. The molecule has 0 amide bonds. The molecule has 1 fully saturated rings. The predicted molar refractivity (Wildman–Crippen MR) is 49.8 cm³/mol. The smallest absolute Gasteiger partial charge is 0.302 e. The largest absolute Gasteiger partial charge is 0.460 e. The van der Waals surface area contributed by atoms with Gasteiger partial charge in [0.1, 0.15) is 12.4 Å². The Morgan fingerprint density at radius 1 is 1.36 bits per heavy atom. The Balaban J connectivity index is 2.51. The molecule has 80 valence electrons. The van der Waals surface area contributed by atoms with Crippen LogP contribution in [0.5, 0.6) is 0 Å². The molecule has 3 atom stereocenters. The van der Waals surface area contributed by atoms with Crippen molar-refractivity contribution in [3.05, 3.63) is 0 Å². The molecule has 3 unspecified atom stereocenters. The zero-order valence-electron chi connectivity index (χ0n) is 8.56. The molecule has 0 aliphatic heterocycles. The van der Waals surface area contributed by atoms with E-state index < -0.39 is 0 Å². The van der Waals surface area contributed by atoms with Crippen LogP contribution in [-0.4, -0.2) is 31.6 Å². The lowest BCUT2D eigenvalue weighted by Crippen LogP contribution is -2.38. The Bertz CT molecular complexity index is 214. The minimum Gasteiger partial charge on any atom is -0.460 e. The fraction of sp³-hybridized carbons (Fsp3) is 0.800. The first-order valence-electron chi connectivity index (χ1n) is 4.82. The molecular weight excluding hydrogens is 184 g/mol. The number of hydrogen-bond donors (Lipinski definition) is 0. The van der Waals surface area contributed by atoms with Crippen molar-refractivity contribution >= 4 is 12.3 Å². The van der Waals surface area contributed by atoms with Crippen molar-refractivity contribution in [2.45, 2.75) is 38.4 Å². The van der Waals surface area contributed by atoms with E-state index in [0.29, 0.717) is 12.8 Å². The van der Waals surface area contributed by atoms with Gasteiger partial charge in [0, 0.05) is 20.0 Å². The fourth-order valence-electron chi connectivity index (χ4n) is 1.85. The molecule has 0 radical (unpaired) electrons. The van der Waals surface area contributed by atoms with E-state index in [1.54, 1.807) is 7.11 Å². The third-order valence-electron chi connectivity index (χ3n) is 2.58. The Hall–Kier alpha value is -0.900. The van der Waals surface area contributed by atoms with Crippen LogP contribution in [0.3, 0.4) is 0 Å². The maximum absolute atomic E-state index is 10.8. The molecule has 0 aromatic rings. The SMILES string of the molecule is COC1CC(C=O)CCC1OC(C)=O. The molecule has 1 aliphatic rings. The van der Waals surface area contributed by atoms with Crippen molar-refractivity contribution < 1.29 is 19.1 Å². The molecule has 1 saturated carbocycles. The highest BCUT2D eigenvalue weighted by Gasteiger charge is 2.32. The van der Waals surface area contributed by atoms with Gasteiger partial charge in [-0.1, -0.05) is 0 Å². The predicted octanol–water partition coefficient (Wildman–Crippen LogP) is 0.932. The van der Waals surface area contributed by atoms with E-state index in [1.807, 2.05) is 0 Å². The maximum Gasteiger partial charge on any atom is 0.302 e. The van der Waals surface area contributed by atoms with E-state index in [1.165, 1.54) is 6.92 Å². The van der Waals surface area contributed by atoms with Crippen LogP contribution in [0.1, 0.15) is 26.2 Å². The second-order valence-corrected chi connectivity index (χ2v) is 3.63. The molecule has 0 aromatic heterocycles. The van der Waals surface area contributed by atoms with Crippen LogP contribution in [-0.2, 0) is 19.1 Å². The van der Waals surface area contributed by atoms with Gasteiger partial charge in [0.15, 0.2) is 0 Å². The third kappa shape index (κ3) is 2.80. The number of carbonyl (C=O) groups is 2.